The van der Waals surface area contributed by atoms with Crippen molar-refractivity contribution in [3.05, 3.63) is 12.2 Å². The van der Waals surface area contributed by atoms with Gasteiger partial charge in [0.2, 0.25) is 0 Å². The average Bonchev–Trinajstić information content (AvgIpc) is 3.06. The molecule has 0 aromatic heterocycles. The number of hydrogen-bond donors (Lipinski definition) is 1. The van der Waals surface area contributed by atoms with E-state index in [1.807, 2.05) is 6.21 Å². The van der Waals surface area contributed by atoms with Crippen LogP contribution in [0.25, 0.3) is 0 Å². The molecule has 1 atom stereocenters. The molecule has 146 valence electrons. The van der Waals surface area contributed by atoms with Crippen LogP contribution in [0.5, 0.6) is 0 Å². The summed E-state index contributed by atoms with van der Waals surface area (Å²) in [4.78, 5) is 6.80. The fourth-order valence-corrected chi connectivity index (χ4v) is 3.58. The minimum Gasteiger partial charge on any atom is -0.395 e. The first-order chi connectivity index (χ1) is 12.4. The lowest BCUT2D eigenvalue weighted by Crippen LogP contribution is -2.32. The first-order valence-corrected chi connectivity index (χ1v) is 10.9. The molecule has 0 aromatic rings. The highest BCUT2D eigenvalue weighted by Gasteiger charge is 2.19. The second kappa shape index (κ2) is 16.8. The number of aliphatic imine (C=N–C) groups is 1. The highest BCUT2D eigenvalue weighted by Crippen LogP contribution is 2.16. The Morgan fingerprint density at radius 3 is 2.12 bits per heavy atom. The van der Waals surface area contributed by atoms with Crippen LogP contribution in [0.1, 0.15) is 96.8 Å². The maximum absolute atomic E-state index is 9.05. The lowest BCUT2D eigenvalue weighted by Gasteiger charge is -2.21. The standard InChI is InChI=1S/C22H42N2O/c1-2-3-4-5-6-7-8-9-10-11-12-13-14-15-16-17-22-23-18-19-24(22)20-21-25/h3-4,18,22,25H,2,5-17,19-21H2,1H3/b4-3+. The molecule has 1 heterocycles. The molecule has 1 N–H and O–H groups in total. The van der Waals surface area contributed by atoms with E-state index in [1.54, 1.807) is 0 Å². The molecule has 1 rings (SSSR count). The summed E-state index contributed by atoms with van der Waals surface area (Å²) in [6, 6.07) is 0. The van der Waals surface area contributed by atoms with Gasteiger partial charge in [-0.05, 0) is 32.1 Å². The van der Waals surface area contributed by atoms with Crippen LogP contribution < -0.4 is 0 Å². The van der Waals surface area contributed by atoms with E-state index in [2.05, 4.69) is 29.0 Å². The smallest absolute Gasteiger partial charge is 0.102 e. The zero-order chi connectivity index (χ0) is 18.0. The van der Waals surface area contributed by atoms with Crippen LogP contribution in [-0.4, -0.2) is 42.1 Å². The van der Waals surface area contributed by atoms with E-state index in [4.69, 9.17) is 5.11 Å². The third-order valence-corrected chi connectivity index (χ3v) is 5.14. The third-order valence-electron chi connectivity index (χ3n) is 5.14. The summed E-state index contributed by atoms with van der Waals surface area (Å²) in [5.74, 6) is 0. The van der Waals surface area contributed by atoms with Gasteiger partial charge < -0.3 is 5.11 Å². The Labute approximate surface area is 156 Å². The van der Waals surface area contributed by atoms with Crippen LogP contribution in [-0.2, 0) is 0 Å². The number of nitrogens with zero attached hydrogens (tertiary/aromatic N) is 2. The molecule has 25 heavy (non-hydrogen) atoms. The monoisotopic (exact) mass is 350 g/mol. The van der Waals surface area contributed by atoms with Crippen LogP contribution in [0.4, 0.5) is 0 Å². The molecule has 0 aliphatic carbocycles. The molecule has 0 aromatic carbocycles. The van der Waals surface area contributed by atoms with Crippen molar-refractivity contribution in [2.24, 2.45) is 4.99 Å². The SMILES string of the molecule is CC/C=C/CCCCCCCCCCCCCC1N=CCN1CCO. The summed E-state index contributed by atoms with van der Waals surface area (Å²) >= 11 is 0. The molecule has 0 amide bonds. The van der Waals surface area contributed by atoms with Gasteiger partial charge in [0.1, 0.15) is 6.17 Å². The molecule has 0 saturated heterocycles. The second-order valence-corrected chi connectivity index (χ2v) is 7.38. The zero-order valence-corrected chi connectivity index (χ0v) is 16.7. The molecule has 1 aliphatic heterocycles. The highest BCUT2D eigenvalue weighted by molar-refractivity contribution is 5.62. The number of aliphatic hydroxyl groups is 1. The quantitative estimate of drug-likeness (QED) is 0.269. The molecule has 0 fully saturated rings. The lowest BCUT2D eigenvalue weighted by atomic mass is 10.0. The molecule has 0 saturated carbocycles. The molecule has 0 bridgehead atoms. The van der Waals surface area contributed by atoms with Gasteiger partial charge in [-0.15, -0.1) is 0 Å². The van der Waals surface area contributed by atoms with E-state index in [1.165, 1.54) is 83.5 Å². The Hall–Kier alpha value is -0.670. The van der Waals surface area contributed by atoms with Gasteiger partial charge in [-0.1, -0.05) is 76.9 Å². The summed E-state index contributed by atoms with van der Waals surface area (Å²) in [5.41, 5.74) is 0. The van der Waals surface area contributed by atoms with E-state index in [9.17, 15) is 0 Å². The number of unbranched alkanes of at least 4 members (excludes halogenated alkanes) is 11. The van der Waals surface area contributed by atoms with E-state index >= 15 is 0 Å². The molecule has 1 aliphatic rings. The Morgan fingerprint density at radius 1 is 0.920 bits per heavy atom. The summed E-state index contributed by atoms with van der Waals surface area (Å²) in [5, 5.41) is 9.05. The van der Waals surface area contributed by atoms with Crippen molar-refractivity contribution in [3.63, 3.8) is 0 Å². The van der Waals surface area contributed by atoms with Gasteiger partial charge >= 0.3 is 0 Å². The molecule has 0 radical (unpaired) electrons. The fraction of sp³-hybridized carbons (Fsp3) is 0.864. The summed E-state index contributed by atoms with van der Waals surface area (Å²) in [6.07, 6.45) is 25.9. The van der Waals surface area contributed by atoms with E-state index in [0.29, 0.717) is 6.17 Å². The predicted molar refractivity (Wildman–Crippen MR) is 110 cm³/mol. The molecular formula is C22H42N2O. The molecule has 3 nitrogen and oxygen atoms in total. The van der Waals surface area contributed by atoms with E-state index in [-0.39, 0.29) is 6.61 Å². The summed E-state index contributed by atoms with van der Waals surface area (Å²) < 4.78 is 0. The number of rotatable bonds is 17. The number of allylic oxidation sites excluding steroid dienone is 2. The maximum Gasteiger partial charge on any atom is 0.102 e. The van der Waals surface area contributed by atoms with Gasteiger partial charge in [-0.2, -0.15) is 0 Å². The van der Waals surface area contributed by atoms with Crippen molar-refractivity contribution in [2.75, 3.05) is 19.7 Å². The lowest BCUT2D eigenvalue weighted by molar-refractivity contribution is 0.176. The third kappa shape index (κ3) is 12.3. The van der Waals surface area contributed by atoms with Crippen LogP contribution in [0, 0.1) is 0 Å². The number of hydrogen-bond acceptors (Lipinski definition) is 3. The van der Waals surface area contributed by atoms with Crippen molar-refractivity contribution in [1.82, 2.24) is 4.90 Å². The molecule has 1 unspecified atom stereocenters. The Kier molecular flexibility index (Phi) is 15.0. The Balaban J connectivity index is 1.77. The van der Waals surface area contributed by atoms with E-state index < -0.39 is 0 Å². The van der Waals surface area contributed by atoms with Crippen molar-refractivity contribution in [3.8, 4) is 0 Å². The van der Waals surface area contributed by atoms with Crippen molar-refractivity contribution < 1.29 is 5.11 Å². The second-order valence-electron chi connectivity index (χ2n) is 7.38. The zero-order valence-electron chi connectivity index (χ0n) is 16.7. The normalized spacial score (nSPS) is 17.9. The van der Waals surface area contributed by atoms with Crippen LogP contribution in [0.3, 0.4) is 0 Å². The minimum atomic E-state index is 0.246. The first kappa shape index (κ1) is 22.4. The first-order valence-electron chi connectivity index (χ1n) is 10.9. The van der Waals surface area contributed by atoms with Gasteiger partial charge in [-0.25, -0.2) is 0 Å². The molecule has 3 heteroatoms. The van der Waals surface area contributed by atoms with Crippen LogP contribution in [0.15, 0.2) is 17.1 Å². The summed E-state index contributed by atoms with van der Waals surface area (Å²) in [6.45, 7) is 4.13. The summed E-state index contributed by atoms with van der Waals surface area (Å²) in [7, 11) is 0. The fourth-order valence-electron chi connectivity index (χ4n) is 3.58. The topological polar surface area (TPSA) is 35.8 Å². The highest BCUT2D eigenvalue weighted by atomic mass is 16.3. The van der Waals surface area contributed by atoms with Crippen molar-refractivity contribution in [1.29, 1.82) is 0 Å². The van der Waals surface area contributed by atoms with Gasteiger partial charge in [-0.3, -0.25) is 9.89 Å². The maximum atomic E-state index is 9.05. The van der Waals surface area contributed by atoms with Crippen molar-refractivity contribution in [2.45, 2.75) is 103 Å². The minimum absolute atomic E-state index is 0.246. The van der Waals surface area contributed by atoms with E-state index in [0.717, 1.165) is 19.5 Å². The Bertz CT molecular complexity index is 341. The van der Waals surface area contributed by atoms with Crippen LogP contribution >= 0.6 is 0 Å². The molecule has 0 spiro atoms. The largest absolute Gasteiger partial charge is 0.395 e. The van der Waals surface area contributed by atoms with Gasteiger partial charge in [0, 0.05) is 19.3 Å². The predicted octanol–water partition coefficient (Wildman–Crippen LogP) is 5.73. The molecular weight excluding hydrogens is 308 g/mol. The van der Waals surface area contributed by atoms with Gasteiger partial charge in [0.15, 0.2) is 0 Å². The van der Waals surface area contributed by atoms with Gasteiger partial charge in [0.05, 0.1) is 6.61 Å². The Morgan fingerprint density at radius 2 is 1.52 bits per heavy atom. The van der Waals surface area contributed by atoms with Crippen molar-refractivity contribution >= 4 is 6.21 Å². The number of β-amino-alcohol motifs (C(OH)–C–C–N with tert-alkyl or cyclic N) is 1. The van der Waals surface area contributed by atoms with Gasteiger partial charge in [0.25, 0.3) is 0 Å². The average molecular weight is 351 g/mol. The van der Waals surface area contributed by atoms with Crippen LogP contribution in [0.2, 0.25) is 0 Å². The number of aliphatic hydroxyl groups excluding tert-OH is 1.